The summed E-state index contributed by atoms with van der Waals surface area (Å²) < 4.78 is 0. The molecule has 1 N–H and O–H groups in total. The van der Waals surface area contributed by atoms with Gasteiger partial charge in [-0.2, -0.15) is 5.10 Å². The zero-order valence-corrected chi connectivity index (χ0v) is 15.4. The number of nitrogens with zero attached hydrogens (tertiary/aromatic N) is 4. The van der Waals surface area contributed by atoms with Crippen molar-refractivity contribution >= 4 is 0 Å². The van der Waals surface area contributed by atoms with Crippen LogP contribution in [0, 0.1) is 0 Å². The molecule has 0 spiro atoms. The van der Waals surface area contributed by atoms with Crippen molar-refractivity contribution in [3.05, 3.63) is 65.4 Å². The molecule has 1 aliphatic rings. The summed E-state index contributed by atoms with van der Waals surface area (Å²) in [5.41, 5.74) is 6.12. The van der Waals surface area contributed by atoms with Crippen LogP contribution in [0.1, 0.15) is 42.4 Å². The molecule has 0 aliphatic carbocycles. The lowest BCUT2D eigenvalue weighted by Crippen LogP contribution is -2.26. The average molecular weight is 347 g/mol. The lowest BCUT2D eigenvalue weighted by molar-refractivity contribution is 0.277. The third-order valence-corrected chi connectivity index (χ3v) is 5.00. The van der Waals surface area contributed by atoms with E-state index in [2.05, 4.69) is 63.2 Å². The van der Waals surface area contributed by atoms with E-state index in [1.54, 1.807) is 0 Å². The predicted molar refractivity (Wildman–Crippen MR) is 103 cm³/mol. The molecule has 134 valence electrons. The lowest BCUT2D eigenvalue weighted by atomic mass is 10.0. The molecule has 3 heterocycles. The number of H-pyrrole nitrogens is 1. The van der Waals surface area contributed by atoms with E-state index in [4.69, 9.17) is 0 Å². The molecule has 3 aromatic rings. The van der Waals surface area contributed by atoms with Gasteiger partial charge in [0.1, 0.15) is 5.82 Å². The fourth-order valence-corrected chi connectivity index (χ4v) is 3.52. The van der Waals surface area contributed by atoms with Crippen molar-refractivity contribution in [3.63, 3.8) is 0 Å². The zero-order valence-electron chi connectivity index (χ0n) is 15.4. The van der Waals surface area contributed by atoms with Gasteiger partial charge in [-0.3, -0.25) is 10.00 Å². The third-order valence-electron chi connectivity index (χ3n) is 5.00. The molecule has 26 heavy (non-hydrogen) atoms. The van der Waals surface area contributed by atoms with Crippen molar-refractivity contribution in [2.45, 2.75) is 39.2 Å². The van der Waals surface area contributed by atoms with Crippen LogP contribution >= 0.6 is 0 Å². The summed E-state index contributed by atoms with van der Waals surface area (Å²) in [7, 11) is 0. The number of benzene rings is 1. The topological polar surface area (TPSA) is 57.7 Å². The highest BCUT2D eigenvalue weighted by Gasteiger charge is 2.20. The molecular formula is C21H25N5. The van der Waals surface area contributed by atoms with Crippen LogP contribution in [0.2, 0.25) is 0 Å². The Balaban J connectivity index is 1.46. The van der Waals surface area contributed by atoms with Gasteiger partial charge in [0.2, 0.25) is 0 Å². The van der Waals surface area contributed by atoms with Crippen LogP contribution in [0.5, 0.6) is 0 Å². The SMILES string of the molecule is CC(C)c1ncc(CN2CCc3[nH]nc(-c4ccccc4)c3CC2)cn1. The van der Waals surface area contributed by atoms with E-state index in [0.717, 1.165) is 44.0 Å². The summed E-state index contributed by atoms with van der Waals surface area (Å²) in [5.74, 6) is 1.29. The van der Waals surface area contributed by atoms with Gasteiger partial charge < -0.3 is 0 Å². The highest BCUT2D eigenvalue weighted by molar-refractivity contribution is 5.64. The minimum Gasteiger partial charge on any atom is -0.298 e. The average Bonchev–Trinajstić information content (AvgIpc) is 2.98. The van der Waals surface area contributed by atoms with E-state index in [1.807, 2.05) is 18.5 Å². The predicted octanol–water partition coefficient (Wildman–Crippen LogP) is 3.59. The number of hydrogen-bond donors (Lipinski definition) is 1. The Morgan fingerprint density at radius 2 is 1.77 bits per heavy atom. The molecule has 0 saturated carbocycles. The molecule has 2 aromatic heterocycles. The molecule has 1 aliphatic heterocycles. The first-order valence-corrected chi connectivity index (χ1v) is 9.35. The minimum absolute atomic E-state index is 0.371. The Labute approximate surface area is 154 Å². The van der Waals surface area contributed by atoms with E-state index < -0.39 is 0 Å². The fourth-order valence-electron chi connectivity index (χ4n) is 3.52. The zero-order chi connectivity index (χ0) is 17.9. The second kappa shape index (κ2) is 7.38. The summed E-state index contributed by atoms with van der Waals surface area (Å²) in [6.45, 7) is 7.19. The van der Waals surface area contributed by atoms with Gasteiger partial charge in [-0.05, 0) is 6.42 Å². The van der Waals surface area contributed by atoms with Crippen LogP contribution in [0.4, 0.5) is 0 Å². The lowest BCUT2D eigenvalue weighted by Gasteiger charge is -2.19. The number of rotatable bonds is 4. The first kappa shape index (κ1) is 16.9. The Morgan fingerprint density at radius 1 is 1.04 bits per heavy atom. The molecule has 0 radical (unpaired) electrons. The number of aromatic nitrogens is 4. The van der Waals surface area contributed by atoms with Crippen molar-refractivity contribution in [1.82, 2.24) is 25.1 Å². The van der Waals surface area contributed by atoms with Crippen LogP contribution in [0.25, 0.3) is 11.3 Å². The van der Waals surface area contributed by atoms with Crippen LogP contribution in [-0.2, 0) is 19.4 Å². The highest BCUT2D eigenvalue weighted by atomic mass is 15.2. The smallest absolute Gasteiger partial charge is 0.130 e. The normalized spacial score (nSPS) is 15.0. The maximum Gasteiger partial charge on any atom is 0.130 e. The van der Waals surface area contributed by atoms with Crippen molar-refractivity contribution in [1.29, 1.82) is 0 Å². The van der Waals surface area contributed by atoms with Gasteiger partial charge in [0.15, 0.2) is 0 Å². The summed E-state index contributed by atoms with van der Waals surface area (Å²) >= 11 is 0. The van der Waals surface area contributed by atoms with Gasteiger partial charge in [0.05, 0.1) is 5.69 Å². The molecule has 0 fully saturated rings. The minimum atomic E-state index is 0.371. The van der Waals surface area contributed by atoms with E-state index in [9.17, 15) is 0 Å². The first-order chi connectivity index (χ1) is 12.7. The Morgan fingerprint density at radius 3 is 2.50 bits per heavy atom. The van der Waals surface area contributed by atoms with Gasteiger partial charge in [-0.1, -0.05) is 44.2 Å². The molecule has 4 rings (SSSR count). The molecule has 0 bridgehead atoms. The van der Waals surface area contributed by atoms with E-state index in [0.29, 0.717) is 5.92 Å². The van der Waals surface area contributed by atoms with Crippen LogP contribution in [0.3, 0.4) is 0 Å². The van der Waals surface area contributed by atoms with Crippen molar-refractivity contribution < 1.29 is 0 Å². The second-order valence-corrected chi connectivity index (χ2v) is 7.28. The van der Waals surface area contributed by atoms with E-state index >= 15 is 0 Å². The molecule has 0 unspecified atom stereocenters. The molecule has 5 nitrogen and oxygen atoms in total. The summed E-state index contributed by atoms with van der Waals surface area (Å²) in [6, 6.07) is 10.4. The van der Waals surface area contributed by atoms with Crippen molar-refractivity contribution in [2.24, 2.45) is 0 Å². The van der Waals surface area contributed by atoms with Crippen molar-refractivity contribution in [3.8, 4) is 11.3 Å². The summed E-state index contributed by atoms with van der Waals surface area (Å²) in [4.78, 5) is 11.5. The number of nitrogens with one attached hydrogen (secondary N) is 1. The summed E-state index contributed by atoms with van der Waals surface area (Å²) in [6.07, 6.45) is 5.97. The maximum absolute atomic E-state index is 4.58. The van der Waals surface area contributed by atoms with E-state index in [-0.39, 0.29) is 0 Å². The number of aromatic amines is 1. The Kier molecular flexibility index (Phi) is 4.80. The molecule has 5 heteroatoms. The maximum atomic E-state index is 4.58. The number of fused-ring (bicyclic) bond motifs is 1. The van der Waals surface area contributed by atoms with Gasteiger partial charge in [-0.25, -0.2) is 9.97 Å². The summed E-state index contributed by atoms with van der Waals surface area (Å²) in [5, 5.41) is 7.85. The molecule has 0 saturated heterocycles. The van der Waals surface area contributed by atoms with Gasteiger partial charge in [0, 0.05) is 66.8 Å². The van der Waals surface area contributed by atoms with Crippen LogP contribution in [-0.4, -0.2) is 38.2 Å². The van der Waals surface area contributed by atoms with Crippen LogP contribution in [0.15, 0.2) is 42.7 Å². The molecular weight excluding hydrogens is 322 g/mol. The van der Waals surface area contributed by atoms with Crippen molar-refractivity contribution in [2.75, 3.05) is 13.1 Å². The number of hydrogen-bond acceptors (Lipinski definition) is 4. The molecule has 0 atom stereocenters. The fraction of sp³-hybridized carbons (Fsp3) is 0.381. The molecule has 0 amide bonds. The quantitative estimate of drug-likeness (QED) is 0.783. The van der Waals surface area contributed by atoms with Gasteiger partial charge in [-0.15, -0.1) is 0 Å². The highest BCUT2D eigenvalue weighted by Crippen LogP contribution is 2.26. The standard InChI is InChI=1S/C21H25N5/c1-15(2)21-22-12-16(13-23-21)14-26-10-8-18-19(9-11-26)24-25-20(18)17-6-4-3-5-7-17/h3-7,12-13,15H,8-11,14H2,1-2H3,(H,24,25). The van der Waals surface area contributed by atoms with E-state index in [1.165, 1.54) is 22.4 Å². The first-order valence-electron chi connectivity index (χ1n) is 9.35. The molecule has 1 aromatic carbocycles. The third kappa shape index (κ3) is 3.53. The largest absolute Gasteiger partial charge is 0.298 e. The van der Waals surface area contributed by atoms with Gasteiger partial charge >= 0.3 is 0 Å². The Bertz CT molecular complexity index is 852. The monoisotopic (exact) mass is 347 g/mol. The van der Waals surface area contributed by atoms with Crippen LogP contribution < -0.4 is 0 Å². The second-order valence-electron chi connectivity index (χ2n) is 7.28. The van der Waals surface area contributed by atoms with Gasteiger partial charge in [0.25, 0.3) is 0 Å². The Hall–Kier alpha value is -2.53.